The summed E-state index contributed by atoms with van der Waals surface area (Å²) in [4.78, 5) is 11.7. The lowest BCUT2D eigenvalue weighted by Gasteiger charge is -2.27. The predicted molar refractivity (Wildman–Crippen MR) is 64.4 cm³/mol. The summed E-state index contributed by atoms with van der Waals surface area (Å²) in [6, 6.07) is 0. The van der Waals surface area contributed by atoms with Gasteiger partial charge in [-0.1, -0.05) is 6.92 Å². The fraction of sp³-hybridized carbons (Fsp3) is 0.917. The highest BCUT2D eigenvalue weighted by molar-refractivity contribution is 5.78. The van der Waals surface area contributed by atoms with E-state index >= 15 is 0 Å². The van der Waals surface area contributed by atoms with Gasteiger partial charge in [0.25, 0.3) is 0 Å². The van der Waals surface area contributed by atoms with Gasteiger partial charge in [-0.15, -0.1) is 0 Å². The molecule has 16 heavy (non-hydrogen) atoms. The Balaban J connectivity index is 2.30. The molecule has 1 fully saturated rings. The summed E-state index contributed by atoms with van der Waals surface area (Å²) >= 11 is 0. The molecule has 1 aliphatic heterocycles. The molecule has 1 aliphatic rings. The van der Waals surface area contributed by atoms with Gasteiger partial charge in [-0.05, 0) is 33.6 Å². The Labute approximate surface area is 98.1 Å². The van der Waals surface area contributed by atoms with Gasteiger partial charge in [-0.2, -0.15) is 0 Å². The third-order valence-corrected chi connectivity index (χ3v) is 3.26. The highest BCUT2D eigenvalue weighted by Crippen LogP contribution is 2.16. The highest BCUT2D eigenvalue weighted by Gasteiger charge is 2.30. The van der Waals surface area contributed by atoms with Gasteiger partial charge < -0.3 is 15.4 Å². The molecule has 0 aromatic rings. The van der Waals surface area contributed by atoms with E-state index in [1.807, 2.05) is 13.8 Å². The Kier molecular flexibility index (Phi) is 4.33. The van der Waals surface area contributed by atoms with E-state index in [-0.39, 0.29) is 17.0 Å². The lowest BCUT2D eigenvalue weighted by atomic mass is 10.0. The van der Waals surface area contributed by atoms with Crippen LogP contribution in [0, 0.1) is 0 Å². The molecule has 0 bridgehead atoms. The van der Waals surface area contributed by atoms with Crippen LogP contribution in [0.25, 0.3) is 0 Å². The Morgan fingerprint density at radius 1 is 1.50 bits per heavy atom. The number of nitrogens with one attached hydrogen (secondary N) is 2. The summed E-state index contributed by atoms with van der Waals surface area (Å²) in [6.45, 7) is 10.1. The third-order valence-electron chi connectivity index (χ3n) is 3.26. The second-order valence-electron chi connectivity index (χ2n) is 5.50. The van der Waals surface area contributed by atoms with Crippen molar-refractivity contribution in [3.63, 3.8) is 0 Å². The van der Waals surface area contributed by atoms with E-state index in [1.165, 1.54) is 0 Å². The molecular formula is C12H24N2O2. The molecule has 0 radical (unpaired) electrons. The molecule has 0 aromatic heterocycles. The first kappa shape index (κ1) is 13.5. The van der Waals surface area contributed by atoms with E-state index in [4.69, 9.17) is 4.74 Å². The fourth-order valence-corrected chi connectivity index (χ4v) is 1.61. The predicted octanol–water partition coefficient (Wildman–Crippen LogP) is 1.06. The summed E-state index contributed by atoms with van der Waals surface area (Å²) in [5.74, 6) is 0.0555. The lowest BCUT2D eigenvalue weighted by Crippen LogP contribution is -2.51. The van der Waals surface area contributed by atoms with Crippen molar-refractivity contribution in [2.75, 3.05) is 19.8 Å². The zero-order valence-corrected chi connectivity index (χ0v) is 10.9. The van der Waals surface area contributed by atoms with Crippen LogP contribution in [-0.2, 0) is 9.53 Å². The number of ether oxygens (including phenoxy) is 1. The maximum Gasteiger partial charge on any atom is 0.234 e. The summed E-state index contributed by atoms with van der Waals surface area (Å²) in [7, 11) is 0. The van der Waals surface area contributed by atoms with E-state index in [9.17, 15) is 4.79 Å². The fourth-order valence-electron chi connectivity index (χ4n) is 1.61. The van der Waals surface area contributed by atoms with Gasteiger partial charge in [0.05, 0.1) is 13.2 Å². The first-order valence-corrected chi connectivity index (χ1v) is 6.01. The summed E-state index contributed by atoms with van der Waals surface area (Å²) in [5.41, 5.74) is -0.153. The second-order valence-corrected chi connectivity index (χ2v) is 5.50. The molecule has 1 heterocycles. The number of carbonyl (C=O) groups is 1. The van der Waals surface area contributed by atoms with Crippen molar-refractivity contribution in [1.82, 2.24) is 10.6 Å². The minimum absolute atomic E-state index is 0.0340. The van der Waals surface area contributed by atoms with Crippen LogP contribution in [0.5, 0.6) is 0 Å². The molecule has 1 unspecified atom stereocenters. The molecule has 4 nitrogen and oxygen atoms in total. The van der Waals surface area contributed by atoms with E-state index in [0.717, 1.165) is 19.4 Å². The van der Waals surface area contributed by atoms with Crippen LogP contribution in [0.4, 0.5) is 0 Å². The number of amides is 1. The molecule has 1 amide bonds. The first-order chi connectivity index (χ1) is 7.37. The normalized spacial score (nSPS) is 25.8. The summed E-state index contributed by atoms with van der Waals surface area (Å²) in [5, 5.41) is 6.27. The van der Waals surface area contributed by atoms with Crippen molar-refractivity contribution in [2.24, 2.45) is 0 Å². The van der Waals surface area contributed by atoms with Crippen LogP contribution in [0.1, 0.15) is 40.5 Å². The Hall–Kier alpha value is -0.610. The number of carbonyl (C=O) groups excluding carboxylic acids is 1. The topological polar surface area (TPSA) is 50.4 Å². The molecule has 94 valence electrons. The average molecular weight is 228 g/mol. The smallest absolute Gasteiger partial charge is 0.234 e. The van der Waals surface area contributed by atoms with Gasteiger partial charge in [-0.3, -0.25) is 4.79 Å². The maximum atomic E-state index is 11.7. The van der Waals surface area contributed by atoms with Gasteiger partial charge in [0, 0.05) is 17.7 Å². The minimum Gasteiger partial charge on any atom is -0.379 e. The zero-order chi connectivity index (χ0) is 12.2. The van der Waals surface area contributed by atoms with Crippen LogP contribution in [0.2, 0.25) is 0 Å². The molecule has 0 aliphatic carbocycles. The molecule has 2 N–H and O–H groups in total. The van der Waals surface area contributed by atoms with Gasteiger partial charge in [-0.25, -0.2) is 0 Å². The van der Waals surface area contributed by atoms with Crippen LogP contribution in [-0.4, -0.2) is 36.7 Å². The Morgan fingerprint density at radius 3 is 2.69 bits per heavy atom. The molecule has 0 aromatic carbocycles. The van der Waals surface area contributed by atoms with Gasteiger partial charge >= 0.3 is 0 Å². The van der Waals surface area contributed by atoms with E-state index in [1.54, 1.807) is 0 Å². The van der Waals surface area contributed by atoms with Crippen molar-refractivity contribution in [3.05, 3.63) is 0 Å². The molecule has 4 heteroatoms. The van der Waals surface area contributed by atoms with Crippen LogP contribution in [0.15, 0.2) is 0 Å². The average Bonchev–Trinajstić information content (AvgIpc) is 2.63. The largest absolute Gasteiger partial charge is 0.379 e. The van der Waals surface area contributed by atoms with Crippen LogP contribution in [0.3, 0.4) is 0 Å². The highest BCUT2D eigenvalue weighted by atomic mass is 16.5. The first-order valence-electron chi connectivity index (χ1n) is 6.01. The second kappa shape index (κ2) is 5.15. The molecule has 0 spiro atoms. The maximum absolute atomic E-state index is 11.7. The van der Waals surface area contributed by atoms with Crippen LogP contribution >= 0.6 is 0 Å². The number of hydrogen-bond acceptors (Lipinski definition) is 3. The molecular weight excluding hydrogens is 204 g/mol. The quantitative estimate of drug-likeness (QED) is 0.740. The van der Waals surface area contributed by atoms with Gasteiger partial charge in [0.2, 0.25) is 5.91 Å². The van der Waals surface area contributed by atoms with Crippen molar-refractivity contribution in [3.8, 4) is 0 Å². The third kappa shape index (κ3) is 4.10. The monoisotopic (exact) mass is 228 g/mol. The SMILES string of the molecule is CCC(C)(C)NC(=O)CNC1(C)CCOC1. The van der Waals surface area contributed by atoms with Crippen molar-refractivity contribution < 1.29 is 9.53 Å². The lowest BCUT2D eigenvalue weighted by molar-refractivity contribution is -0.122. The van der Waals surface area contributed by atoms with Crippen molar-refractivity contribution >= 4 is 5.91 Å². The zero-order valence-electron chi connectivity index (χ0n) is 10.9. The Bertz CT molecular complexity index is 245. The standard InChI is InChI=1S/C12H24N2O2/c1-5-11(2,3)14-10(15)8-13-12(4)6-7-16-9-12/h13H,5-9H2,1-4H3,(H,14,15). The molecule has 0 saturated carbocycles. The molecule has 1 rings (SSSR count). The Morgan fingerprint density at radius 2 is 2.19 bits per heavy atom. The van der Waals surface area contributed by atoms with Crippen molar-refractivity contribution in [2.45, 2.75) is 51.6 Å². The molecule has 1 saturated heterocycles. The number of hydrogen-bond donors (Lipinski definition) is 2. The van der Waals surface area contributed by atoms with E-state index < -0.39 is 0 Å². The van der Waals surface area contributed by atoms with E-state index in [0.29, 0.717) is 13.2 Å². The molecule has 1 atom stereocenters. The van der Waals surface area contributed by atoms with Gasteiger partial charge in [0.1, 0.15) is 0 Å². The van der Waals surface area contributed by atoms with Crippen LogP contribution < -0.4 is 10.6 Å². The van der Waals surface area contributed by atoms with E-state index in [2.05, 4.69) is 24.5 Å². The summed E-state index contributed by atoms with van der Waals surface area (Å²) in [6.07, 6.45) is 1.90. The number of rotatable bonds is 5. The minimum atomic E-state index is -0.119. The van der Waals surface area contributed by atoms with Crippen molar-refractivity contribution in [1.29, 1.82) is 0 Å². The van der Waals surface area contributed by atoms with Gasteiger partial charge in [0.15, 0.2) is 0 Å². The summed E-state index contributed by atoms with van der Waals surface area (Å²) < 4.78 is 5.32.